The van der Waals surface area contributed by atoms with Crippen LogP contribution in [-0.4, -0.2) is 35.1 Å². The molecule has 0 aliphatic carbocycles. The molecule has 1 saturated heterocycles. The van der Waals surface area contributed by atoms with E-state index in [2.05, 4.69) is 18.7 Å². The largest absolute Gasteiger partial charge is 0.480 e. The van der Waals surface area contributed by atoms with Crippen molar-refractivity contribution in [1.82, 2.24) is 4.90 Å². The minimum atomic E-state index is -0.701. The van der Waals surface area contributed by atoms with E-state index in [0.717, 1.165) is 19.4 Å². The maximum Gasteiger partial charge on any atom is 0.317 e. The van der Waals surface area contributed by atoms with E-state index in [0.29, 0.717) is 12.0 Å². The maximum atomic E-state index is 10.6. The first kappa shape index (κ1) is 10.5. The van der Waals surface area contributed by atoms with Crippen molar-refractivity contribution in [1.29, 1.82) is 0 Å². The normalized spacial score (nSPS) is 25.0. The van der Waals surface area contributed by atoms with Gasteiger partial charge in [0.05, 0.1) is 6.54 Å². The highest BCUT2D eigenvalue weighted by molar-refractivity contribution is 5.69. The van der Waals surface area contributed by atoms with Crippen molar-refractivity contribution in [3.8, 4) is 0 Å². The summed E-state index contributed by atoms with van der Waals surface area (Å²) in [6, 6.07) is 0.477. The van der Waals surface area contributed by atoms with Gasteiger partial charge in [-0.3, -0.25) is 9.69 Å². The van der Waals surface area contributed by atoms with E-state index in [9.17, 15) is 4.79 Å². The molecule has 76 valence electrons. The van der Waals surface area contributed by atoms with Crippen LogP contribution >= 0.6 is 0 Å². The Bertz CT molecular complexity index is 180. The Labute approximate surface area is 79.7 Å². The number of hydrogen-bond acceptors (Lipinski definition) is 2. The van der Waals surface area contributed by atoms with Crippen molar-refractivity contribution in [3.05, 3.63) is 0 Å². The third-order valence-corrected chi connectivity index (χ3v) is 2.77. The Kier molecular flexibility index (Phi) is 3.72. The molecule has 0 bridgehead atoms. The van der Waals surface area contributed by atoms with Gasteiger partial charge in [0, 0.05) is 6.04 Å². The van der Waals surface area contributed by atoms with Crippen molar-refractivity contribution >= 4 is 5.97 Å². The predicted octanol–water partition coefficient (Wildman–Crippen LogP) is 1.58. The highest BCUT2D eigenvalue weighted by Gasteiger charge is 2.25. The zero-order valence-electron chi connectivity index (χ0n) is 8.49. The molecule has 0 spiro atoms. The minimum absolute atomic E-state index is 0.211. The van der Waals surface area contributed by atoms with Crippen LogP contribution in [0.3, 0.4) is 0 Å². The predicted molar refractivity (Wildman–Crippen MR) is 51.7 cm³/mol. The lowest BCUT2D eigenvalue weighted by atomic mass is 9.93. The lowest BCUT2D eigenvalue weighted by Gasteiger charge is -2.37. The van der Waals surface area contributed by atoms with Crippen molar-refractivity contribution in [3.63, 3.8) is 0 Å². The molecule has 0 aromatic rings. The minimum Gasteiger partial charge on any atom is -0.480 e. The van der Waals surface area contributed by atoms with Gasteiger partial charge in [-0.1, -0.05) is 20.3 Å². The molecule has 0 amide bonds. The molecule has 3 nitrogen and oxygen atoms in total. The molecule has 3 heteroatoms. The highest BCUT2D eigenvalue weighted by atomic mass is 16.4. The van der Waals surface area contributed by atoms with Crippen LogP contribution in [0.1, 0.15) is 33.1 Å². The molecule has 1 atom stereocenters. The number of hydrogen-bond donors (Lipinski definition) is 1. The molecule has 0 aromatic carbocycles. The third-order valence-electron chi connectivity index (χ3n) is 2.77. The van der Waals surface area contributed by atoms with E-state index in [1.165, 1.54) is 6.42 Å². The molecule has 1 N–H and O–H groups in total. The Morgan fingerprint density at radius 2 is 2.23 bits per heavy atom. The Hall–Kier alpha value is -0.570. The van der Waals surface area contributed by atoms with E-state index in [-0.39, 0.29) is 6.54 Å². The number of carboxylic acid groups (broad SMARTS) is 1. The quantitative estimate of drug-likeness (QED) is 0.725. The summed E-state index contributed by atoms with van der Waals surface area (Å²) in [5.74, 6) is -0.132. The summed E-state index contributed by atoms with van der Waals surface area (Å²) in [6.07, 6.45) is 3.56. The van der Waals surface area contributed by atoms with E-state index >= 15 is 0 Å². The number of carbonyl (C=O) groups is 1. The Morgan fingerprint density at radius 1 is 1.54 bits per heavy atom. The van der Waals surface area contributed by atoms with Gasteiger partial charge in [0.1, 0.15) is 0 Å². The molecule has 13 heavy (non-hydrogen) atoms. The molecule has 1 rings (SSSR count). The zero-order valence-corrected chi connectivity index (χ0v) is 8.49. The van der Waals surface area contributed by atoms with Crippen molar-refractivity contribution < 1.29 is 9.90 Å². The summed E-state index contributed by atoms with van der Waals surface area (Å²) >= 11 is 0. The second-order valence-corrected chi connectivity index (χ2v) is 4.17. The van der Waals surface area contributed by atoms with Crippen LogP contribution in [0.25, 0.3) is 0 Å². The molecule has 1 aliphatic rings. The van der Waals surface area contributed by atoms with Gasteiger partial charge in [0.2, 0.25) is 0 Å². The lowest BCUT2D eigenvalue weighted by molar-refractivity contribution is -0.139. The summed E-state index contributed by atoms with van der Waals surface area (Å²) < 4.78 is 0. The van der Waals surface area contributed by atoms with Gasteiger partial charge >= 0.3 is 5.97 Å². The Balaban J connectivity index is 2.51. The van der Waals surface area contributed by atoms with Crippen LogP contribution in [0, 0.1) is 5.92 Å². The van der Waals surface area contributed by atoms with Crippen LogP contribution in [0.15, 0.2) is 0 Å². The number of carboxylic acids is 1. The average molecular weight is 185 g/mol. The van der Waals surface area contributed by atoms with Gasteiger partial charge in [-0.05, 0) is 25.3 Å². The molecule has 1 aliphatic heterocycles. The van der Waals surface area contributed by atoms with Crippen molar-refractivity contribution in [2.75, 3.05) is 13.1 Å². The van der Waals surface area contributed by atoms with E-state index < -0.39 is 5.97 Å². The average Bonchev–Trinajstić information content (AvgIpc) is 2.03. The monoisotopic (exact) mass is 185 g/mol. The zero-order chi connectivity index (χ0) is 9.84. The first-order chi connectivity index (χ1) is 6.11. The Morgan fingerprint density at radius 3 is 2.77 bits per heavy atom. The number of nitrogens with zero attached hydrogens (tertiary/aromatic N) is 1. The van der Waals surface area contributed by atoms with Gasteiger partial charge in [-0.15, -0.1) is 0 Å². The molecule has 1 fully saturated rings. The fraction of sp³-hybridized carbons (Fsp3) is 0.900. The summed E-state index contributed by atoms with van der Waals surface area (Å²) in [4.78, 5) is 12.7. The van der Waals surface area contributed by atoms with Crippen molar-refractivity contribution in [2.45, 2.75) is 39.2 Å². The summed E-state index contributed by atoms with van der Waals surface area (Å²) in [5, 5.41) is 8.72. The molecule has 0 aromatic heterocycles. The van der Waals surface area contributed by atoms with Crippen LogP contribution in [0.4, 0.5) is 0 Å². The topological polar surface area (TPSA) is 40.5 Å². The number of likely N-dealkylation sites (tertiary alicyclic amines) is 1. The van der Waals surface area contributed by atoms with Crippen LogP contribution < -0.4 is 0 Å². The molecule has 0 radical (unpaired) electrons. The van der Waals surface area contributed by atoms with Crippen molar-refractivity contribution in [2.24, 2.45) is 5.92 Å². The van der Waals surface area contributed by atoms with Crippen LogP contribution in [0.5, 0.6) is 0 Å². The summed E-state index contributed by atoms with van der Waals surface area (Å²) in [6.45, 7) is 5.51. The second-order valence-electron chi connectivity index (χ2n) is 4.17. The maximum absolute atomic E-state index is 10.6. The van der Waals surface area contributed by atoms with Gasteiger partial charge in [0.25, 0.3) is 0 Å². The summed E-state index contributed by atoms with van der Waals surface area (Å²) in [7, 11) is 0. The van der Waals surface area contributed by atoms with Crippen LogP contribution in [-0.2, 0) is 4.79 Å². The fourth-order valence-corrected chi connectivity index (χ4v) is 2.14. The van der Waals surface area contributed by atoms with Gasteiger partial charge in [-0.2, -0.15) is 0 Å². The number of aliphatic carboxylic acids is 1. The van der Waals surface area contributed by atoms with Gasteiger partial charge < -0.3 is 5.11 Å². The van der Waals surface area contributed by atoms with Gasteiger partial charge in [-0.25, -0.2) is 0 Å². The molecule has 1 unspecified atom stereocenters. The number of rotatable bonds is 3. The lowest BCUT2D eigenvalue weighted by Crippen LogP contribution is -2.45. The van der Waals surface area contributed by atoms with Gasteiger partial charge in [0.15, 0.2) is 0 Å². The fourth-order valence-electron chi connectivity index (χ4n) is 2.14. The standard InChI is InChI=1S/C10H19NO2/c1-8(2)9-5-3-4-6-11(9)7-10(12)13/h8-9H,3-7H2,1-2H3,(H,12,13). The second kappa shape index (κ2) is 4.61. The van der Waals surface area contributed by atoms with Crippen LogP contribution in [0.2, 0.25) is 0 Å². The third kappa shape index (κ3) is 2.99. The molecule has 0 saturated carbocycles. The molecular formula is C10H19NO2. The first-order valence-electron chi connectivity index (χ1n) is 5.07. The molecule has 1 heterocycles. The van der Waals surface area contributed by atoms with E-state index in [4.69, 9.17) is 5.11 Å². The van der Waals surface area contributed by atoms with E-state index in [1.54, 1.807) is 0 Å². The SMILES string of the molecule is CC(C)C1CCCCN1CC(=O)O. The first-order valence-corrected chi connectivity index (χ1v) is 5.07. The smallest absolute Gasteiger partial charge is 0.317 e. The van der Waals surface area contributed by atoms with E-state index in [1.807, 2.05) is 0 Å². The number of piperidine rings is 1. The molecular weight excluding hydrogens is 166 g/mol. The highest BCUT2D eigenvalue weighted by Crippen LogP contribution is 2.22. The summed E-state index contributed by atoms with van der Waals surface area (Å²) in [5.41, 5.74) is 0.